The second kappa shape index (κ2) is 10.9. The van der Waals surface area contributed by atoms with Crippen molar-refractivity contribution in [3.63, 3.8) is 0 Å². The Morgan fingerprint density at radius 1 is 1.27 bits per heavy atom. The van der Waals surface area contributed by atoms with E-state index in [1.807, 2.05) is 6.07 Å². The highest BCUT2D eigenvalue weighted by atomic mass is 16.5. The number of phenols is 1. The number of aliphatic hydroxyl groups excluding tert-OH is 1. The summed E-state index contributed by atoms with van der Waals surface area (Å²) in [4.78, 5) is 11.6. The van der Waals surface area contributed by atoms with Crippen molar-refractivity contribution in [2.24, 2.45) is 5.92 Å². The SMILES string of the molecule is CCCCCC(O)CC(CCc1ccc(O)c2c1C=CC1CCCC1O2)OC(C)=O. The molecule has 0 spiro atoms. The number of aryl methyl sites for hydroxylation is 1. The van der Waals surface area contributed by atoms with E-state index < -0.39 is 6.10 Å². The summed E-state index contributed by atoms with van der Waals surface area (Å²) in [6, 6.07) is 3.61. The molecule has 1 aromatic rings. The summed E-state index contributed by atoms with van der Waals surface area (Å²) in [7, 11) is 0. The van der Waals surface area contributed by atoms with Crippen LogP contribution in [0.4, 0.5) is 0 Å². The molecule has 1 fully saturated rings. The molecule has 30 heavy (non-hydrogen) atoms. The number of aliphatic hydroxyl groups is 1. The largest absolute Gasteiger partial charge is 0.504 e. The summed E-state index contributed by atoms with van der Waals surface area (Å²) in [5.74, 6) is 0.827. The molecule has 2 aliphatic rings. The van der Waals surface area contributed by atoms with Gasteiger partial charge < -0.3 is 19.7 Å². The van der Waals surface area contributed by atoms with Crippen LogP contribution in [0.1, 0.15) is 82.8 Å². The minimum absolute atomic E-state index is 0.135. The Hall–Kier alpha value is -2.01. The summed E-state index contributed by atoms with van der Waals surface area (Å²) in [6.07, 6.45) is 12.7. The molecule has 3 rings (SSSR count). The molecule has 5 nitrogen and oxygen atoms in total. The maximum absolute atomic E-state index is 11.6. The number of benzene rings is 1. The average Bonchev–Trinajstić information content (AvgIpc) is 3.06. The fourth-order valence-corrected chi connectivity index (χ4v) is 4.67. The first-order valence-corrected chi connectivity index (χ1v) is 11.5. The number of esters is 1. The molecule has 2 N–H and O–H groups in total. The van der Waals surface area contributed by atoms with Crippen LogP contribution in [-0.4, -0.2) is 34.5 Å². The summed E-state index contributed by atoms with van der Waals surface area (Å²) in [5.41, 5.74) is 1.99. The average molecular weight is 417 g/mol. The Balaban J connectivity index is 1.68. The molecule has 0 radical (unpaired) electrons. The van der Waals surface area contributed by atoms with Crippen LogP contribution in [0, 0.1) is 5.92 Å². The minimum Gasteiger partial charge on any atom is -0.504 e. The summed E-state index contributed by atoms with van der Waals surface area (Å²) in [5, 5.41) is 20.7. The third-order valence-corrected chi connectivity index (χ3v) is 6.29. The number of unbranched alkanes of at least 4 members (excludes halogenated alkanes) is 2. The fourth-order valence-electron chi connectivity index (χ4n) is 4.67. The van der Waals surface area contributed by atoms with Crippen LogP contribution < -0.4 is 4.74 Å². The molecule has 1 heterocycles. The van der Waals surface area contributed by atoms with Crippen molar-refractivity contribution < 1.29 is 24.5 Å². The predicted molar refractivity (Wildman–Crippen MR) is 118 cm³/mol. The first kappa shape index (κ1) is 22.7. The normalized spacial score (nSPS) is 21.8. The molecule has 0 aromatic heterocycles. The topological polar surface area (TPSA) is 76.0 Å². The van der Waals surface area contributed by atoms with Crippen LogP contribution in [-0.2, 0) is 16.0 Å². The maximum atomic E-state index is 11.6. The number of hydrogen-bond acceptors (Lipinski definition) is 5. The molecule has 4 atom stereocenters. The van der Waals surface area contributed by atoms with E-state index in [0.29, 0.717) is 30.9 Å². The Morgan fingerprint density at radius 3 is 2.87 bits per heavy atom. The Bertz CT molecular complexity index is 741. The van der Waals surface area contributed by atoms with Crippen molar-refractivity contribution >= 4 is 12.0 Å². The fraction of sp³-hybridized carbons (Fsp3) is 0.640. The van der Waals surface area contributed by atoms with Gasteiger partial charge in [-0.25, -0.2) is 0 Å². The van der Waals surface area contributed by atoms with Crippen LogP contribution in [0.25, 0.3) is 6.08 Å². The highest BCUT2D eigenvalue weighted by Crippen LogP contribution is 2.42. The minimum atomic E-state index is -0.458. The van der Waals surface area contributed by atoms with Gasteiger partial charge in [0.25, 0.3) is 0 Å². The molecular weight excluding hydrogens is 380 g/mol. The highest BCUT2D eigenvalue weighted by Gasteiger charge is 2.31. The van der Waals surface area contributed by atoms with Gasteiger partial charge in [-0.2, -0.15) is 0 Å². The van der Waals surface area contributed by atoms with Crippen molar-refractivity contribution in [3.8, 4) is 11.5 Å². The lowest BCUT2D eigenvalue weighted by Gasteiger charge is -2.22. The van der Waals surface area contributed by atoms with Crippen molar-refractivity contribution in [3.05, 3.63) is 29.3 Å². The first-order chi connectivity index (χ1) is 14.5. The number of ether oxygens (including phenoxy) is 2. The van der Waals surface area contributed by atoms with Gasteiger partial charge in [-0.05, 0) is 50.2 Å². The van der Waals surface area contributed by atoms with E-state index in [-0.39, 0.29) is 23.9 Å². The number of phenolic OH excluding ortho intramolecular Hbond substituents is 1. The van der Waals surface area contributed by atoms with Crippen LogP contribution >= 0.6 is 0 Å². The van der Waals surface area contributed by atoms with Gasteiger partial charge in [-0.3, -0.25) is 4.79 Å². The monoisotopic (exact) mass is 416 g/mol. The van der Waals surface area contributed by atoms with E-state index >= 15 is 0 Å². The molecule has 0 amide bonds. The van der Waals surface area contributed by atoms with E-state index in [0.717, 1.165) is 56.1 Å². The van der Waals surface area contributed by atoms with Gasteiger partial charge in [0.05, 0.1) is 6.10 Å². The number of rotatable bonds is 10. The lowest BCUT2D eigenvalue weighted by molar-refractivity contribution is -0.148. The molecule has 4 unspecified atom stereocenters. The molecule has 0 bridgehead atoms. The van der Waals surface area contributed by atoms with Gasteiger partial charge in [0, 0.05) is 24.8 Å². The number of carbonyl (C=O) groups is 1. The predicted octanol–water partition coefficient (Wildman–Crippen LogP) is 5.16. The zero-order valence-electron chi connectivity index (χ0n) is 18.3. The second-order valence-electron chi connectivity index (χ2n) is 8.75. The summed E-state index contributed by atoms with van der Waals surface area (Å²) < 4.78 is 11.7. The van der Waals surface area contributed by atoms with Crippen molar-refractivity contribution in [1.82, 2.24) is 0 Å². The van der Waals surface area contributed by atoms with E-state index in [4.69, 9.17) is 9.47 Å². The van der Waals surface area contributed by atoms with Crippen molar-refractivity contribution in [2.45, 2.75) is 96.4 Å². The third-order valence-electron chi connectivity index (χ3n) is 6.29. The third kappa shape index (κ3) is 6.00. The Morgan fingerprint density at radius 2 is 2.10 bits per heavy atom. The standard InChI is InChI=1S/C25H36O5/c1-3-4-5-8-20(27)16-21(29-17(2)26)13-10-18-12-15-23(28)25-22(18)14-11-19-7-6-9-24(19)30-25/h11-12,14-15,19-21,24,27-28H,3-10,13,16H2,1-2H3. The Labute approximate surface area is 180 Å². The first-order valence-electron chi connectivity index (χ1n) is 11.5. The Kier molecular flexibility index (Phi) is 8.20. The number of aromatic hydroxyl groups is 1. The zero-order chi connectivity index (χ0) is 21.5. The molecule has 1 aliphatic heterocycles. The summed E-state index contributed by atoms with van der Waals surface area (Å²) >= 11 is 0. The molecule has 1 aliphatic carbocycles. The quantitative estimate of drug-likeness (QED) is 0.407. The molecular formula is C25H36O5. The highest BCUT2D eigenvalue weighted by molar-refractivity contribution is 5.67. The van der Waals surface area contributed by atoms with E-state index in [9.17, 15) is 15.0 Å². The number of hydrogen-bond donors (Lipinski definition) is 2. The van der Waals surface area contributed by atoms with Gasteiger partial charge in [-0.1, -0.05) is 44.4 Å². The van der Waals surface area contributed by atoms with Gasteiger partial charge in [0.15, 0.2) is 11.5 Å². The molecule has 1 saturated carbocycles. The molecule has 0 saturated heterocycles. The van der Waals surface area contributed by atoms with Crippen molar-refractivity contribution in [2.75, 3.05) is 0 Å². The van der Waals surface area contributed by atoms with Crippen LogP contribution in [0.2, 0.25) is 0 Å². The smallest absolute Gasteiger partial charge is 0.302 e. The van der Waals surface area contributed by atoms with Crippen LogP contribution in [0.5, 0.6) is 11.5 Å². The van der Waals surface area contributed by atoms with Gasteiger partial charge >= 0.3 is 5.97 Å². The lowest BCUT2D eigenvalue weighted by Crippen LogP contribution is -2.24. The molecule has 166 valence electrons. The van der Waals surface area contributed by atoms with E-state index in [1.165, 1.54) is 6.92 Å². The number of fused-ring (bicyclic) bond motifs is 2. The molecule has 5 heteroatoms. The van der Waals surface area contributed by atoms with E-state index in [1.54, 1.807) is 6.07 Å². The van der Waals surface area contributed by atoms with Gasteiger partial charge in [0.2, 0.25) is 0 Å². The zero-order valence-corrected chi connectivity index (χ0v) is 18.3. The summed E-state index contributed by atoms with van der Waals surface area (Å²) in [6.45, 7) is 3.55. The number of carbonyl (C=O) groups excluding carboxylic acids is 1. The van der Waals surface area contributed by atoms with Crippen LogP contribution in [0.3, 0.4) is 0 Å². The van der Waals surface area contributed by atoms with Crippen LogP contribution in [0.15, 0.2) is 18.2 Å². The van der Waals surface area contributed by atoms with Gasteiger partial charge in [0.1, 0.15) is 12.2 Å². The second-order valence-corrected chi connectivity index (χ2v) is 8.75. The molecule has 1 aromatic carbocycles. The van der Waals surface area contributed by atoms with Gasteiger partial charge in [-0.15, -0.1) is 0 Å². The van der Waals surface area contributed by atoms with Crippen molar-refractivity contribution in [1.29, 1.82) is 0 Å². The lowest BCUT2D eigenvalue weighted by atomic mass is 9.96. The van der Waals surface area contributed by atoms with E-state index in [2.05, 4.69) is 19.1 Å². The maximum Gasteiger partial charge on any atom is 0.302 e.